The summed E-state index contributed by atoms with van der Waals surface area (Å²) >= 11 is 0. The van der Waals surface area contributed by atoms with Crippen molar-refractivity contribution in [2.75, 3.05) is 6.79 Å². The summed E-state index contributed by atoms with van der Waals surface area (Å²) in [6.07, 6.45) is 5.13. The highest BCUT2D eigenvalue weighted by Crippen LogP contribution is 2.21. The molecule has 0 N–H and O–H groups in total. The van der Waals surface area contributed by atoms with Crippen molar-refractivity contribution in [3.63, 3.8) is 0 Å². The van der Waals surface area contributed by atoms with Gasteiger partial charge in [0.2, 0.25) is 0 Å². The minimum Gasteiger partial charge on any atom is -0.468 e. The minimum atomic E-state index is 0.0483. The summed E-state index contributed by atoms with van der Waals surface area (Å²) in [5.74, 6) is 0.739. The van der Waals surface area contributed by atoms with Crippen molar-refractivity contribution in [3.8, 4) is 5.75 Å². The van der Waals surface area contributed by atoms with Gasteiger partial charge in [-0.3, -0.25) is 4.79 Å². The minimum absolute atomic E-state index is 0.0483. The van der Waals surface area contributed by atoms with Crippen molar-refractivity contribution < 1.29 is 14.3 Å². The lowest BCUT2D eigenvalue weighted by Crippen LogP contribution is -2.12. The van der Waals surface area contributed by atoms with Crippen LogP contribution in [0.25, 0.3) is 0 Å². The van der Waals surface area contributed by atoms with Crippen LogP contribution in [0.3, 0.4) is 0 Å². The topological polar surface area (TPSA) is 35.5 Å². The van der Waals surface area contributed by atoms with E-state index in [0.29, 0.717) is 17.4 Å². The lowest BCUT2D eigenvalue weighted by Gasteiger charge is -2.12. The summed E-state index contributed by atoms with van der Waals surface area (Å²) in [6.45, 7) is 1.82. The first kappa shape index (κ1) is 12.1. The molecule has 1 aliphatic rings. The Labute approximate surface area is 102 Å². The zero-order valence-electron chi connectivity index (χ0n) is 10.1. The van der Waals surface area contributed by atoms with Crippen LogP contribution < -0.4 is 4.74 Å². The Hall–Kier alpha value is -1.35. The molecule has 3 nitrogen and oxygen atoms in total. The zero-order valence-corrected chi connectivity index (χ0v) is 10.1. The summed E-state index contributed by atoms with van der Waals surface area (Å²) in [7, 11) is 0. The van der Waals surface area contributed by atoms with Crippen molar-refractivity contribution in [1.82, 2.24) is 0 Å². The van der Waals surface area contributed by atoms with E-state index in [4.69, 9.17) is 9.47 Å². The molecule has 0 amide bonds. The fraction of sp³-hybridized carbons (Fsp3) is 0.500. The maximum Gasteiger partial charge on any atom is 0.189 e. The van der Waals surface area contributed by atoms with Crippen molar-refractivity contribution in [3.05, 3.63) is 29.8 Å². The van der Waals surface area contributed by atoms with Gasteiger partial charge in [0.1, 0.15) is 5.75 Å². The third kappa shape index (κ3) is 3.56. The van der Waals surface area contributed by atoms with Crippen LogP contribution in [0.1, 0.15) is 43.0 Å². The van der Waals surface area contributed by atoms with E-state index in [1.54, 1.807) is 19.1 Å². The van der Waals surface area contributed by atoms with Crippen LogP contribution >= 0.6 is 0 Å². The van der Waals surface area contributed by atoms with Gasteiger partial charge in [0, 0.05) is 5.56 Å². The van der Waals surface area contributed by atoms with Gasteiger partial charge in [-0.15, -0.1) is 0 Å². The molecule has 0 atom stereocenters. The highest BCUT2D eigenvalue weighted by atomic mass is 16.7. The van der Waals surface area contributed by atoms with E-state index < -0.39 is 0 Å². The Morgan fingerprint density at radius 2 is 2.12 bits per heavy atom. The Morgan fingerprint density at radius 3 is 2.82 bits per heavy atom. The molecule has 1 saturated carbocycles. The lowest BCUT2D eigenvalue weighted by molar-refractivity contribution is -0.0325. The average molecular weight is 234 g/mol. The second kappa shape index (κ2) is 5.82. The first-order valence-electron chi connectivity index (χ1n) is 6.11. The van der Waals surface area contributed by atoms with E-state index in [0.717, 1.165) is 12.8 Å². The molecule has 1 fully saturated rings. The Balaban J connectivity index is 1.81. The molecular formula is C14H18O3. The maximum atomic E-state index is 11.2. The van der Waals surface area contributed by atoms with E-state index >= 15 is 0 Å². The molecule has 0 aromatic heterocycles. The van der Waals surface area contributed by atoms with E-state index in [9.17, 15) is 4.79 Å². The number of hydrogen-bond donors (Lipinski definition) is 0. The monoisotopic (exact) mass is 234 g/mol. The molecule has 17 heavy (non-hydrogen) atoms. The molecule has 0 spiro atoms. The van der Waals surface area contributed by atoms with Gasteiger partial charge >= 0.3 is 0 Å². The van der Waals surface area contributed by atoms with E-state index in [2.05, 4.69) is 0 Å². The second-order valence-electron chi connectivity index (χ2n) is 4.42. The molecule has 1 aromatic carbocycles. The average Bonchev–Trinajstić information content (AvgIpc) is 2.82. The third-order valence-electron chi connectivity index (χ3n) is 3.07. The SMILES string of the molecule is CC(=O)c1cccc(OCOC2CCCC2)c1. The predicted molar refractivity (Wildman–Crippen MR) is 65.3 cm³/mol. The smallest absolute Gasteiger partial charge is 0.189 e. The molecule has 0 radical (unpaired) electrons. The van der Waals surface area contributed by atoms with E-state index in [1.807, 2.05) is 12.1 Å². The highest BCUT2D eigenvalue weighted by Gasteiger charge is 2.15. The number of carbonyl (C=O) groups is 1. The Kier molecular flexibility index (Phi) is 4.15. The summed E-state index contributed by atoms with van der Waals surface area (Å²) in [4.78, 5) is 11.2. The molecule has 0 unspecified atom stereocenters. The second-order valence-corrected chi connectivity index (χ2v) is 4.42. The Morgan fingerprint density at radius 1 is 1.35 bits per heavy atom. The molecule has 1 aliphatic carbocycles. The predicted octanol–water partition coefficient (Wildman–Crippen LogP) is 3.18. The molecule has 2 rings (SSSR count). The van der Waals surface area contributed by atoms with Crippen molar-refractivity contribution >= 4 is 5.78 Å². The number of hydrogen-bond acceptors (Lipinski definition) is 3. The zero-order chi connectivity index (χ0) is 12.1. The number of benzene rings is 1. The molecule has 0 bridgehead atoms. The van der Waals surface area contributed by atoms with Crippen LogP contribution in [0.5, 0.6) is 5.75 Å². The highest BCUT2D eigenvalue weighted by molar-refractivity contribution is 5.94. The fourth-order valence-corrected chi connectivity index (χ4v) is 2.06. The first-order valence-corrected chi connectivity index (χ1v) is 6.11. The standard InChI is InChI=1S/C14H18O3/c1-11(15)12-5-4-8-14(9-12)17-10-16-13-6-2-3-7-13/h4-5,8-9,13H,2-3,6-7,10H2,1H3. The molecule has 3 heteroatoms. The fourth-order valence-electron chi connectivity index (χ4n) is 2.06. The lowest BCUT2D eigenvalue weighted by atomic mass is 10.1. The summed E-state index contributed by atoms with van der Waals surface area (Å²) in [5.41, 5.74) is 0.670. The quantitative estimate of drug-likeness (QED) is 0.579. The van der Waals surface area contributed by atoms with E-state index in [-0.39, 0.29) is 12.6 Å². The summed E-state index contributed by atoms with van der Waals surface area (Å²) in [6, 6.07) is 7.19. The first-order chi connectivity index (χ1) is 8.25. The normalized spacial score (nSPS) is 16.1. The van der Waals surface area contributed by atoms with Gasteiger partial charge in [-0.25, -0.2) is 0 Å². The summed E-state index contributed by atoms with van der Waals surface area (Å²) < 4.78 is 11.1. The van der Waals surface area contributed by atoms with Gasteiger partial charge in [-0.1, -0.05) is 25.0 Å². The van der Waals surface area contributed by atoms with Crippen LogP contribution in [0, 0.1) is 0 Å². The Bertz CT molecular complexity index is 381. The van der Waals surface area contributed by atoms with Gasteiger partial charge in [0.25, 0.3) is 0 Å². The number of rotatable bonds is 5. The maximum absolute atomic E-state index is 11.2. The van der Waals surface area contributed by atoms with Crippen LogP contribution in [0.4, 0.5) is 0 Å². The third-order valence-corrected chi connectivity index (χ3v) is 3.07. The largest absolute Gasteiger partial charge is 0.468 e. The van der Waals surface area contributed by atoms with Crippen molar-refractivity contribution in [1.29, 1.82) is 0 Å². The van der Waals surface area contributed by atoms with Gasteiger partial charge in [-0.05, 0) is 31.9 Å². The molecular weight excluding hydrogens is 216 g/mol. The van der Waals surface area contributed by atoms with E-state index in [1.165, 1.54) is 12.8 Å². The van der Waals surface area contributed by atoms with Crippen LogP contribution in [-0.4, -0.2) is 18.7 Å². The van der Waals surface area contributed by atoms with Crippen LogP contribution in [-0.2, 0) is 4.74 Å². The van der Waals surface area contributed by atoms with Gasteiger partial charge in [-0.2, -0.15) is 0 Å². The number of Topliss-reactive ketones (excluding diaryl/α,β-unsaturated/α-hetero) is 1. The number of ketones is 1. The van der Waals surface area contributed by atoms with Crippen LogP contribution in [0.15, 0.2) is 24.3 Å². The summed E-state index contributed by atoms with van der Waals surface area (Å²) in [5, 5.41) is 0. The van der Waals surface area contributed by atoms with Crippen molar-refractivity contribution in [2.45, 2.75) is 38.7 Å². The molecule has 0 aliphatic heterocycles. The van der Waals surface area contributed by atoms with Gasteiger partial charge in [0.15, 0.2) is 12.6 Å². The van der Waals surface area contributed by atoms with Gasteiger partial charge < -0.3 is 9.47 Å². The molecule has 92 valence electrons. The van der Waals surface area contributed by atoms with Crippen LogP contribution in [0.2, 0.25) is 0 Å². The molecule has 0 heterocycles. The molecule has 0 saturated heterocycles. The number of ether oxygens (including phenoxy) is 2. The van der Waals surface area contributed by atoms with Gasteiger partial charge in [0.05, 0.1) is 6.10 Å². The number of carbonyl (C=O) groups excluding carboxylic acids is 1. The van der Waals surface area contributed by atoms with Crippen molar-refractivity contribution in [2.24, 2.45) is 0 Å². The molecule has 1 aromatic rings.